The maximum Gasteiger partial charge on any atom is 0.302 e. The van der Waals surface area contributed by atoms with Crippen LogP contribution < -0.4 is 11.3 Å². The van der Waals surface area contributed by atoms with Gasteiger partial charge in [-0.15, -0.1) is 0 Å². The van der Waals surface area contributed by atoms with E-state index in [-0.39, 0.29) is 23.0 Å². The number of carbonyl (C=O) groups excluding carboxylic acids is 1. The first-order valence-corrected chi connectivity index (χ1v) is 5.92. The van der Waals surface area contributed by atoms with Gasteiger partial charge in [-0.1, -0.05) is 0 Å². The molecule has 0 radical (unpaired) electrons. The Balaban J connectivity index is 2.01. The van der Waals surface area contributed by atoms with Crippen molar-refractivity contribution in [2.45, 2.75) is 26.3 Å². The average Bonchev–Trinajstić information content (AvgIpc) is 2.72. The third-order valence-corrected chi connectivity index (χ3v) is 2.59. The standard InChI is InChI=1S/C11H15N5O3/c1-7(17)19-5-3-2-4-16-6-13-8-9(16)14-11(12)15-10(8)18/h6H,2-5H2,1H3,(H3,12,14,15,18). The number of unbranched alkanes of at least 4 members (excludes halogenated alkanes) is 1. The fourth-order valence-corrected chi connectivity index (χ4v) is 1.73. The third-order valence-electron chi connectivity index (χ3n) is 2.59. The van der Waals surface area contributed by atoms with Crippen LogP contribution in [0.5, 0.6) is 0 Å². The number of nitrogens with one attached hydrogen (secondary N) is 1. The summed E-state index contributed by atoms with van der Waals surface area (Å²) in [6.45, 7) is 2.40. The van der Waals surface area contributed by atoms with E-state index in [9.17, 15) is 9.59 Å². The van der Waals surface area contributed by atoms with Crippen molar-refractivity contribution in [3.63, 3.8) is 0 Å². The summed E-state index contributed by atoms with van der Waals surface area (Å²) in [4.78, 5) is 32.6. The van der Waals surface area contributed by atoms with E-state index in [0.29, 0.717) is 18.8 Å². The van der Waals surface area contributed by atoms with Crippen LogP contribution in [0.3, 0.4) is 0 Å². The van der Waals surface area contributed by atoms with E-state index in [1.807, 2.05) is 0 Å². The maximum atomic E-state index is 11.6. The van der Waals surface area contributed by atoms with E-state index in [1.54, 1.807) is 10.9 Å². The summed E-state index contributed by atoms with van der Waals surface area (Å²) in [5.74, 6) is -0.215. The number of esters is 1. The van der Waals surface area contributed by atoms with Crippen molar-refractivity contribution in [1.29, 1.82) is 0 Å². The topological polar surface area (TPSA) is 116 Å². The molecule has 0 saturated heterocycles. The van der Waals surface area contributed by atoms with Crippen molar-refractivity contribution >= 4 is 23.1 Å². The highest BCUT2D eigenvalue weighted by Crippen LogP contribution is 2.07. The van der Waals surface area contributed by atoms with Crippen LogP contribution in [0.25, 0.3) is 11.2 Å². The molecule has 0 amide bonds. The van der Waals surface area contributed by atoms with Crippen molar-refractivity contribution in [3.05, 3.63) is 16.7 Å². The monoisotopic (exact) mass is 265 g/mol. The highest BCUT2D eigenvalue weighted by molar-refractivity contribution is 5.70. The molecule has 0 bridgehead atoms. The van der Waals surface area contributed by atoms with Crippen LogP contribution in [0, 0.1) is 0 Å². The normalized spacial score (nSPS) is 10.8. The third kappa shape index (κ3) is 3.09. The number of ether oxygens (including phenoxy) is 1. The number of fused-ring (bicyclic) bond motifs is 1. The molecule has 0 fully saturated rings. The number of hydrogen-bond donors (Lipinski definition) is 2. The van der Waals surface area contributed by atoms with Gasteiger partial charge in [0.2, 0.25) is 5.95 Å². The number of nitrogens with two attached hydrogens (primary N) is 1. The Labute approximate surface area is 108 Å². The zero-order valence-electron chi connectivity index (χ0n) is 10.5. The fourth-order valence-electron chi connectivity index (χ4n) is 1.73. The molecule has 0 unspecified atom stereocenters. The number of anilines is 1. The summed E-state index contributed by atoms with van der Waals surface area (Å²) in [7, 11) is 0. The molecule has 2 aromatic rings. The van der Waals surface area contributed by atoms with E-state index in [4.69, 9.17) is 10.5 Å². The lowest BCUT2D eigenvalue weighted by molar-refractivity contribution is -0.141. The Kier molecular flexibility index (Phi) is 3.79. The minimum atomic E-state index is -0.346. The predicted molar refractivity (Wildman–Crippen MR) is 68.4 cm³/mol. The van der Waals surface area contributed by atoms with E-state index in [1.165, 1.54) is 6.92 Å². The fraction of sp³-hybridized carbons (Fsp3) is 0.455. The molecule has 0 aromatic carbocycles. The van der Waals surface area contributed by atoms with Crippen molar-refractivity contribution in [1.82, 2.24) is 19.5 Å². The highest BCUT2D eigenvalue weighted by atomic mass is 16.5. The zero-order valence-corrected chi connectivity index (χ0v) is 10.5. The molecular formula is C11H15N5O3. The molecule has 0 aliphatic rings. The first-order valence-electron chi connectivity index (χ1n) is 5.92. The second-order valence-corrected chi connectivity index (χ2v) is 4.11. The number of aromatic nitrogens is 4. The van der Waals surface area contributed by atoms with Gasteiger partial charge in [0.15, 0.2) is 11.2 Å². The lowest BCUT2D eigenvalue weighted by Gasteiger charge is -2.04. The van der Waals surface area contributed by atoms with Crippen molar-refractivity contribution in [2.24, 2.45) is 0 Å². The number of nitrogen functional groups attached to an aromatic ring is 1. The van der Waals surface area contributed by atoms with E-state index in [0.717, 1.165) is 12.8 Å². The second-order valence-electron chi connectivity index (χ2n) is 4.11. The van der Waals surface area contributed by atoms with Gasteiger partial charge in [0, 0.05) is 13.5 Å². The summed E-state index contributed by atoms with van der Waals surface area (Å²) in [5, 5.41) is 0. The SMILES string of the molecule is CC(=O)OCCCCn1cnc2c(=O)[nH]c(N)nc21. The molecule has 19 heavy (non-hydrogen) atoms. The van der Waals surface area contributed by atoms with Crippen LogP contribution in [-0.2, 0) is 16.1 Å². The molecule has 2 rings (SSSR count). The molecule has 0 aliphatic carbocycles. The Morgan fingerprint density at radius 1 is 1.53 bits per heavy atom. The van der Waals surface area contributed by atoms with E-state index < -0.39 is 0 Å². The number of rotatable bonds is 5. The van der Waals surface area contributed by atoms with Crippen molar-refractivity contribution in [2.75, 3.05) is 12.3 Å². The average molecular weight is 265 g/mol. The van der Waals surface area contributed by atoms with Crippen molar-refractivity contribution < 1.29 is 9.53 Å². The Morgan fingerprint density at radius 2 is 2.32 bits per heavy atom. The Morgan fingerprint density at radius 3 is 3.05 bits per heavy atom. The first kappa shape index (κ1) is 13.1. The molecule has 102 valence electrons. The second kappa shape index (κ2) is 5.51. The van der Waals surface area contributed by atoms with Gasteiger partial charge in [0.25, 0.3) is 5.56 Å². The molecule has 8 heteroatoms. The number of H-pyrrole nitrogens is 1. The van der Waals surface area contributed by atoms with Gasteiger partial charge in [-0.25, -0.2) is 4.98 Å². The minimum Gasteiger partial charge on any atom is -0.466 e. The molecule has 8 nitrogen and oxygen atoms in total. The van der Waals surface area contributed by atoms with Gasteiger partial charge in [0.05, 0.1) is 12.9 Å². The Hall–Kier alpha value is -2.38. The maximum absolute atomic E-state index is 11.6. The summed E-state index contributed by atoms with van der Waals surface area (Å²) < 4.78 is 6.59. The number of imidazole rings is 1. The molecule has 0 saturated carbocycles. The van der Waals surface area contributed by atoms with Crippen LogP contribution in [0.4, 0.5) is 5.95 Å². The van der Waals surface area contributed by atoms with Gasteiger partial charge < -0.3 is 15.0 Å². The molecule has 0 atom stereocenters. The number of hydrogen-bond acceptors (Lipinski definition) is 6. The number of aromatic amines is 1. The summed E-state index contributed by atoms with van der Waals surface area (Å²) >= 11 is 0. The quantitative estimate of drug-likeness (QED) is 0.582. The summed E-state index contributed by atoms with van der Waals surface area (Å²) in [6, 6.07) is 0. The lowest BCUT2D eigenvalue weighted by atomic mass is 10.3. The lowest BCUT2D eigenvalue weighted by Crippen LogP contribution is -2.12. The number of carbonyl (C=O) groups is 1. The summed E-state index contributed by atoms with van der Waals surface area (Å²) in [5.41, 5.74) is 5.89. The van der Waals surface area contributed by atoms with Gasteiger partial charge in [-0.2, -0.15) is 4.98 Å². The molecule has 2 heterocycles. The van der Waals surface area contributed by atoms with Crippen LogP contribution in [-0.4, -0.2) is 32.1 Å². The van der Waals surface area contributed by atoms with Gasteiger partial charge in [-0.05, 0) is 12.8 Å². The molecule has 0 aliphatic heterocycles. The van der Waals surface area contributed by atoms with E-state index >= 15 is 0 Å². The van der Waals surface area contributed by atoms with Crippen LogP contribution in [0.15, 0.2) is 11.1 Å². The highest BCUT2D eigenvalue weighted by Gasteiger charge is 2.08. The molecule has 0 spiro atoms. The summed E-state index contributed by atoms with van der Waals surface area (Å²) in [6.07, 6.45) is 3.07. The largest absolute Gasteiger partial charge is 0.466 e. The smallest absolute Gasteiger partial charge is 0.302 e. The number of aryl methyl sites for hydroxylation is 1. The number of nitrogens with zero attached hydrogens (tertiary/aromatic N) is 3. The zero-order chi connectivity index (χ0) is 13.8. The van der Waals surface area contributed by atoms with Crippen LogP contribution in [0.1, 0.15) is 19.8 Å². The predicted octanol–water partition coefficient (Wildman–Crippen LogP) is 0.0451. The van der Waals surface area contributed by atoms with Crippen molar-refractivity contribution in [3.8, 4) is 0 Å². The first-order chi connectivity index (χ1) is 9.08. The van der Waals surface area contributed by atoms with Crippen LogP contribution in [0.2, 0.25) is 0 Å². The Bertz CT molecular complexity index is 645. The van der Waals surface area contributed by atoms with Gasteiger partial charge >= 0.3 is 5.97 Å². The minimum absolute atomic E-state index is 0.0687. The molecule has 2 aromatic heterocycles. The van der Waals surface area contributed by atoms with Gasteiger partial charge in [0.1, 0.15) is 0 Å². The molecular weight excluding hydrogens is 250 g/mol. The molecule has 3 N–H and O–H groups in total. The van der Waals surface area contributed by atoms with Gasteiger partial charge in [-0.3, -0.25) is 14.6 Å². The van der Waals surface area contributed by atoms with Crippen LogP contribution >= 0.6 is 0 Å². The van der Waals surface area contributed by atoms with E-state index in [2.05, 4.69) is 15.0 Å².